The Labute approximate surface area is 63.5 Å². The predicted octanol–water partition coefficient (Wildman–Crippen LogP) is 1.56. The van der Waals surface area contributed by atoms with Gasteiger partial charge in [0.1, 0.15) is 0 Å². The molecule has 56 valence electrons. The lowest BCUT2D eigenvalue weighted by atomic mass is 10.3. The van der Waals surface area contributed by atoms with Gasteiger partial charge in [-0.05, 0) is 26.8 Å². The average molecular weight is 137 g/mol. The zero-order chi connectivity index (χ0) is 7.82. The highest BCUT2D eigenvalue weighted by atomic mass is 14.9. The molecule has 0 aromatic rings. The molecule has 1 N–H and O–H groups in total. The summed E-state index contributed by atoms with van der Waals surface area (Å²) in [6.07, 6.45) is 10.4. The molecule has 10 heavy (non-hydrogen) atoms. The van der Waals surface area contributed by atoms with E-state index in [-0.39, 0.29) is 6.04 Å². The minimum Gasteiger partial charge on any atom is -0.304 e. The molecule has 0 fully saturated rings. The second-order valence-corrected chi connectivity index (χ2v) is 2.20. The smallest absolute Gasteiger partial charge is 0.0658 e. The van der Waals surface area contributed by atoms with Crippen molar-refractivity contribution in [3.63, 3.8) is 0 Å². The summed E-state index contributed by atoms with van der Waals surface area (Å²) in [4.78, 5) is 0. The van der Waals surface area contributed by atoms with E-state index in [2.05, 4.69) is 17.3 Å². The average Bonchev–Trinajstić information content (AvgIpc) is 1.98. The second kappa shape index (κ2) is 6.38. The van der Waals surface area contributed by atoms with Crippen molar-refractivity contribution in [1.82, 2.24) is 5.32 Å². The largest absolute Gasteiger partial charge is 0.304 e. The van der Waals surface area contributed by atoms with Crippen LogP contribution >= 0.6 is 0 Å². The van der Waals surface area contributed by atoms with Crippen LogP contribution in [0.1, 0.15) is 20.3 Å². The molecule has 0 aliphatic carbocycles. The molecule has 0 amide bonds. The first kappa shape index (κ1) is 9.26. The van der Waals surface area contributed by atoms with E-state index in [1.54, 1.807) is 0 Å². The SMILES string of the molecule is C#CC(C)NCC/C=C/C. The van der Waals surface area contributed by atoms with E-state index in [0.717, 1.165) is 13.0 Å². The van der Waals surface area contributed by atoms with Crippen molar-refractivity contribution in [1.29, 1.82) is 0 Å². The van der Waals surface area contributed by atoms with E-state index in [9.17, 15) is 0 Å². The maximum atomic E-state index is 5.16. The van der Waals surface area contributed by atoms with Crippen molar-refractivity contribution in [3.05, 3.63) is 12.2 Å². The van der Waals surface area contributed by atoms with Gasteiger partial charge in [-0.2, -0.15) is 0 Å². The lowest BCUT2D eigenvalue weighted by Gasteiger charge is -2.03. The summed E-state index contributed by atoms with van der Waals surface area (Å²) >= 11 is 0. The molecular weight excluding hydrogens is 122 g/mol. The Bertz CT molecular complexity index is 130. The van der Waals surface area contributed by atoms with Gasteiger partial charge in [0.2, 0.25) is 0 Å². The molecule has 0 aliphatic rings. The molecule has 1 atom stereocenters. The molecule has 0 aromatic carbocycles. The first-order valence-electron chi connectivity index (χ1n) is 3.62. The van der Waals surface area contributed by atoms with Gasteiger partial charge in [-0.3, -0.25) is 0 Å². The van der Waals surface area contributed by atoms with E-state index in [1.807, 2.05) is 19.9 Å². The standard InChI is InChI=1S/C9H15N/c1-4-6-7-8-10-9(3)5-2/h2,4,6,9-10H,7-8H2,1,3H3/b6-4+. The summed E-state index contributed by atoms with van der Waals surface area (Å²) in [5.74, 6) is 2.61. The van der Waals surface area contributed by atoms with Gasteiger partial charge >= 0.3 is 0 Å². The summed E-state index contributed by atoms with van der Waals surface area (Å²) in [6, 6.07) is 0.199. The minimum atomic E-state index is 0.199. The van der Waals surface area contributed by atoms with Crippen LogP contribution < -0.4 is 5.32 Å². The fourth-order valence-corrected chi connectivity index (χ4v) is 0.609. The van der Waals surface area contributed by atoms with Crippen molar-refractivity contribution in [2.75, 3.05) is 6.54 Å². The third-order valence-electron chi connectivity index (χ3n) is 1.25. The van der Waals surface area contributed by atoms with Crippen LogP contribution in [0.2, 0.25) is 0 Å². The van der Waals surface area contributed by atoms with Crippen LogP contribution in [-0.2, 0) is 0 Å². The molecule has 1 heteroatoms. The van der Waals surface area contributed by atoms with Gasteiger partial charge in [-0.25, -0.2) is 0 Å². The van der Waals surface area contributed by atoms with Crippen LogP contribution in [0, 0.1) is 12.3 Å². The van der Waals surface area contributed by atoms with Crippen LogP contribution in [0.4, 0.5) is 0 Å². The van der Waals surface area contributed by atoms with E-state index >= 15 is 0 Å². The van der Waals surface area contributed by atoms with Crippen molar-refractivity contribution in [2.24, 2.45) is 0 Å². The van der Waals surface area contributed by atoms with Gasteiger partial charge in [0.25, 0.3) is 0 Å². The summed E-state index contributed by atoms with van der Waals surface area (Å²) in [5.41, 5.74) is 0. The Morgan fingerprint density at radius 3 is 2.90 bits per heavy atom. The molecule has 1 nitrogen and oxygen atoms in total. The summed E-state index contributed by atoms with van der Waals surface area (Å²) < 4.78 is 0. The molecule has 0 saturated heterocycles. The molecule has 0 bridgehead atoms. The monoisotopic (exact) mass is 137 g/mol. The molecule has 0 radical (unpaired) electrons. The third kappa shape index (κ3) is 5.40. The molecular formula is C9H15N. The Kier molecular flexibility index (Phi) is 5.91. The Morgan fingerprint density at radius 1 is 1.70 bits per heavy atom. The number of nitrogens with one attached hydrogen (secondary N) is 1. The Balaban J connectivity index is 3.13. The lowest BCUT2D eigenvalue weighted by Crippen LogP contribution is -2.24. The lowest BCUT2D eigenvalue weighted by molar-refractivity contribution is 0.652. The first-order valence-corrected chi connectivity index (χ1v) is 3.62. The van der Waals surface area contributed by atoms with Crippen LogP contribution in [-0.4, -0.2) is 12.6 Å². The highest BCUT2D eigenvalue weighted by molar-refractivity contribution is 4.95. The van der Waals surface area contributed by atoms with Crippen molar-refractivity contribution < 1.29 is 0 Å². The molecule has 0 saturated carbocycles. The molecule has 0 heterocycles. The third-order valence-corrected chi connectivity index (χ3v) is 1.25. The molecule has 1 unspecified atom stereocenters. The highest BCUT2D eigenvalue weighted by Crippen LogP contribution is 1.82. The van der Waals surface area contributed by atoms with E-state index in [1.165, 1.54) is 0 Å². The number of terminal acetylenes is 1. The van der Waals surface area contributed by atoms with Crippen LogP contribution in [0.25, 0.3) is 0 Å². The normalized spacial score (nSPS) is 13.3. The second-order valence-electron chi connectivity index (χ2n) is 2.20. The highest BCUT2D eigenvalue weighted by Gasteiger charge is 1.90. The molecule has 0 spiro atoms. The summed E-state index contributed by atoms with van der Waals surface area (Å²) in [7, 11) is 0. The minimum absolute atomic E-state index is 0.199. The first-order chi connectivity index (χ1) is 4.81. The fourth-order valence-electron chi connectivity index (χ4n) is 0.609. The zero-order valence-electron chi connectivity index (χ0n) is 6.72. The molecule has 0 rings (SSSR count). The van der Waals surface area contributed by atoms with E-state index < -0.39 is 0 Å². The number of hydrogen-bond donors (Lipinski definition) is 1. The quantitative estimate of drug-likeness (QED) is 0.352. The van der Waals surface area contributed by atoms with Gasteiger partial charge in [-0.15, -0.1) is 6.42 Å². The topological polar surface area (TPSA) is 12.0 Å². The Morgan fingerprint density at radius 2 is 2.40 bits per heavy atom. The van der Waals surface area contributed by atoms with Crippen molar-refractivity contribution >= 4 is 0 Å². The van der Waals surface area contributed by atoms with Gasteiger partial charge in [0.15, 0.2) is 0 Å². The fraction of sp³-hybridized carbons (Fsp3) is 0.556. The van der Waals surface area contributed by atoms with Crippen LogP contribution in [0.3, 0.4) is 0 Å². The predicted molar refractivity (Wildman–Crippen MR) is 45.7 cm³/mol. The molecule has 0 aromatic heterocycles. The number of rotatable bonds is 4. The van der Waals surface area contributed by atoms with Crippen molar-refractivity contribution in [3.8, 4) is 12.3 Å². The van der Waals surface area contributed by atoms with Gasteiger partial charge in [-0.1, -0.05) is 18.1 Å². The summed E-state index contributed by atoms with van der Waals surface area (Å²) in [5, 5.41) is 3.18. The number of hydrogen-bond acceptors (Lipinski definition) is 1. The van der Waals surface area contributed by atoms with E-state index in [0.29, 0.717) is 0 Å². The Hall–Kier alpha value is -0.740. The molecule has 0 aliphatic heterocycles. The van der Waals surface area contributed by atoms with Gasteiger partial charge in [0, 0.05) is 0 Å². The van der Waals surface area contributed by atoms with Gasteiger partial charge in [0.05, 0.1) is 6.04 Å². The van der Waals surface area contributed by atoms with E-state index in [4.69, 9.17) is 6.42 Å². The van der Waals surface area contributed by atoms with Crippen LogP contribution in [0.15, 0.2) is 12.2 Å². The maximum absolute atomic E-state index is 5.16. The number of allylic oxidation sites excluding steroid dienone is 1. The van der Waals surface area contributed by atoms with Gasteiger partial charge < -0.3 is 5.32 Å². The zero-order valence-corrected chi connectivity index (χ0v) is 6.72. The van der Waals surface area contributed by atoms with Crippen LogP contribution in [0.5, 0.6) is 0 Å². The maximum Gasteiger partial charge on any atom is 0.0658 e. The summed E-state index contributed by atoms with van der Waals surface area (Å²) in [6.45, 7) is 4.97. The van der Waals surface area contributed by atoms with Crippen molar-refractivity contribution in [2.45, 2.75) is 26.3 Å².